The van der Waals surface area contributed by atoms with E-state index in [1.807, 2.05) is 0 Å². The Balaban J connectivity index is 1.79. The molecule has 0 aliphatic carbocycles. The van der Waals surface area contributed by atoms with E-state index in [1.165, 1.54) is 0 Å². The second-order valence-corrected chi connectivity index (χ2v) is 9.23. The van der Waals surface area contributed by atoms with Gasteiger partial charge in [0.25, 0.3) is 11.8 Å². The molecule has 0 saturated carbocycles. The molecule has 6 nitrogen and oxygen atoms in total. The summed E-state index contributed by atoms with van der Waals surface area (Å²) < 4.78 is 2.91. The van der Waals surface area contributed by atoms with Crippen molar-refractivity contribution in [2.45, 2.75) is 0 Å². The van der Waals surface area contributed by atoms with Crippen LogP contribution in [0.25, 0.3) is 5.57 Å². The lowest BCUT2D eigenvalue weighted by molar-refractivity contribution is -0.112. The van der Waals surface area contributed by atoms with Gasteiger partial charge in [0.05, 0.1) is 10.9 Å². The molecule has 0 bridgehead atoms. The van der Waals surface area contributed by atoms with E-state index in [4.69, 9.17) is 12.2 Å². The highest BCUT2D eigenvalue weighted by atomic mass is 79.9. The van der Waals surface area contributed by atoms with Gasteiger partial charge in [-0.25, -0.2) is 4.99 Å². The fourth-order valence-electron chi connectivity index (χ4n) is 2.70. The summed E-state index contributed by atoms with van der Waals surface area (Å²) in [7, 11) is 0. The van der Waals surface area contributed by atoms with E-state index in [9.17, 15) is 14.7 Å². The fraction of sp³-hybridized carbons (Fsp3) is 0. The van der Waals surface area contributed by atoms with Gasteiger partial charge in [0.2, 0.25) is 5.88 Å². The number of nitrogens with zero attached hydrogens (tertiary/aromatic N) is 2. The van der Waals surface area contributed by atoms with Gasteiger partial charge in [0.1, 0.15) is 4.88 Å². The van der Waals surface area contributed by atoms with E-state index >= 15 is 0 Å². The molecule has 2 amide bonds. The van der Waals surface area contributed by atoms with Crippen LogP contribution in [0.5, 0.6) is 5.88 Å². The van der Waals surface area contributed by atoms with Gasteiger partial charge in [-0.05, 0) is 54.7 Å². The number of aromatic nitrogens is 1. The molecule has 1 aliphatic heterocycles. The summed E-state index contributed by atoms with van der Waals surface area (Å²) in [6, 6.07) is 12.0. The first-order chi connectivity index (χ1) is 13.3. The summed E-state index contributed by atoms with van der Waals surface area (Å²) in [5, 5.41) is 11.8. The zero-order valence-corrected chi connectivity index (χ0v) is 18.6. The van der Waals surface area contributed by atoms with Crippen molar-refractivity contribution in [3.8, 4) is 5.88 Å². The number of hydrogen-bond acceptors (Lipinski definition) is 5. The molecule has 4 rings (SSSR count). The first kappa shape index (κ1) is 19.2. The number of benzene rings is 2. The first-order valence-electron chi connectivity index (χ1n) is 7.80. The highest BCUT2D eigenvalue weighted by Crippen LogP contribution is 2.32. The third-order valence-corrected chi connectivity index (χ3v) is 6.40. The number of carbonyl (C=O) groups is 2. The van der Waals surface area contributed by atoms with Gasteiger partial charge in [-0.1, -0.05) is 43.2 Å². The number of thiazole rings is 1. The minimum Gasteiger partial charge on any atom is -0.492 e. The van der Waals surface area contributed by atoms with Crippen LogP contribution in [0.4, 0.5) is 0 Å². The average molecular weight is 539 g/mol. The highest BCUT2D eigenvalue weighted by Gasteiger charge is 2.26. The third-order valence-electron chi connectivity index (χ3n) is 4.00. The van der Waals surface area contributed by atoms with Crippen molar-refractivity contribution in [3.63, 3.8) is 0 Å². The predicted octanol–water partition coefficient (Wildman–Crippen LogP) is 3.25. The highest BCUT2D eigenvalue weighted by molar-refractivity contribution is 9.10. The Morgan fingerprint density at radius 2 is 1.82 bits per heavy atom. The zero-order chi connectivity index (χ0) is 20.0. The van der Waals surface area contributed by atoms with Gasteiger partial charge >= 0.3 is 0 Å². The normalized spacial score (nSPS) is 12.6. The van der Waals surface area contributed by atoms with Crippen LogP contribution in [0.2, 0.25) is 0 Å². The van der Waals surface area contributed by atoms with E-state index < -0.39 is 11.8 Å². The minimum atomic E-state index is -0.467. The second kappa shape index (κ2) is 7.36. The Hall–Kier alpha value is -2.14. The topological polar surface area (TPSA) is 83.7 Å². The quantitative estimate of drug-likeness (QED) is 0.501. The Kier molecular flexibility index (Phi) is 5.04. The van der Waals surface area contributed by atoms with Crippen molar-refractivity contribution in [2.24, 2.45) is 4.99 Å². The number of rotatable bonds is 3. The summed E-state index contributed by atoms with van der Waals surface area (Å²) in [4.78, 5) is 29.2. The van der Waals surface area contributed by atoms with Gasteiger partial charge in [-0.2, -0.15) is 4.68 Å². The molecule has 0 atom stereocenters. The molecule has 2 heterocycles. The molecule has 1 aromatic heterocycles. The van der Waals surface area contributed by atoms with Crippen molar-refractivity contribution < 1.29 is 14.7 Å². The summed E-state index contributed by atoms with van der Waals surface area (Å²) >= 11 is 13.0. The fourth-order valence-corrected chi connectivity index (χ4v) is 4.59. The van der Waals surface area contributed by atoms with Gasteiger partial charge in [-0.15, -0.1) is 0 Å². The van der Waals surface area contributed by atoms with Crippen molar-refractivity contribution >= 4 is 72.8 Å². The first-order valence-corrected chi connectivity index (χ1v) is 10.6. The molecule has 0 spiro atoms. The van der Waals surface area contributed by atoms with Gasteiger partial charge in [0.15, 0.2) is 3.95 Å². The molecule has 0 fully saturated rings. The molecule has 0 unspecified atom stereocenters. The number of fused-ring (bicyclic) bond motifs is 1. The molecule has 28 heavy (non-hydrogen) atoms. The Morgan fingerprint density at radius 1 is 1.14 bits per heavy atom. The smallest absolute Gasteiger partial charge is 0.279 e. The van der Waals surface area contributed by atoms with Crippen LogP contribution in [0, 0.1) is 3.95 Å². The molecule has 0 radical (unpaired) electrons. The molecule has 0 saturated heterocycles. The number of halogens is 2. The maximum absolute atomic E-state index is 12.5. The summed E-state index contributed by atoms with van der Waals surface area (Å²) in [5.41, 5.74) is 3.21. The van der Waals surface area contributed by atoms with Crippen molar-refractivity contribution in [3.05, 3.63) is 76.4 Å². The maximum Gasteiger partial charge on any atom is 0.279 e. The minimum absolute atomic E-state index is 0.196. The standard InChI is InChI=1S/C18H9Br2N3O3S2/c19-9-3-1-8(2-4-9)15(24)22-23-17(26)14(28-18(23)27)13-11-7-10(20)5-6-12(11)21-16(13)25/h1-7,26H,(H,22,24). The van der Waals surface area contributed by atoms with Crippen molar-refractivity contribution in [1.29, 1.82) is 0 Å². The molecule has 2 N–H and O–H groups in total. The molecule has 3 aromatic rings. The van der Waals surface area contributed by atoms with Crippen LogP contribution in [0.3, 0.4) is 0 Å². The molecule has 10 heteroatoms. The molecule has 1 aliphatic rings. The van der Waals surface area contributed by atoms with Crippen LogP contribution < -0.4 is 16.0 Å². The van der Waals surface area contributed by atoms with E-state index in [0.29, 0.717) is 16.1 Å². The van der Waals surface area contributed by atoms with E-state index in [0.717, 1.165) is 25.0 Å². The van der Waals surface area contributed by atoms with Crippen LogP contribution in [-0.2, 0) is 4.79 Å². The lowest BCUT2D eigenvalue weighted by atomic mass is 10.1. The molecular weight excluding hydrogens is 530 g/mol. The van der Waals surface area contributed by atoms with Gasteiger partial charge in [-0.3, -0.25) is 15.0 Å². The Morgan fingerprint density at radius 3 is 2.54 bits per heavy atom. The molecule has 140 valence electrons. The number of nitrogens with one attached hydrogen (secondary N) is 1. The number of hydrogen-bond donors (Lipinski definition) is 2. The summed E-state index contributed by atoms with van der Waals surface area (Å²) in [5.74, 6) is -1.23. The van der Waals surface area contributed by atoms with Crippen LogP contribution in [0.15, 0.2) is 56.4 Å². The summed E-state index contributed by atoms with van der Waals surface area (Å²) in [6.07, 6.45) is 0. The lowest BCUT2D eigenvalue weighted by Gasteiger charge is -2.08. The van der Waals surface area contributed by atoms with Crippen LogP contribution >= 0.6 is 55.4 Å². The van der Waals surface area contributed by atoms with Crippen LogP contribution in [0.1, 0.15) is 15.2 Å². The van der Waals surface area contributed by atoms with Crippen molar-refractivity contribution in [2.75, 3.05) is 5.43 Å². The Bertz CT molecular complexity index is 1330. The maximum atomic E-state index is 12.5. The van der Waals surface area contributed by atoms with Crippen molar-refractivity contribution in [1.82, 2.24) is 4.68 Å². The lowest BCUT2D eigenvalue weighted by Crippen LogP contribution is -2.23. The Labute approximate surface area is 184 Å². The van der Waals surface area contributed by atoms with E-state index in [1.54, 1.807) is 42.5 Å². The third kappa shape index (κ3) is 3.37. The van der Waals surface area contributed by atoms with Crippen LogP contribution in [-0.4, -0.2) is 21.6 Å². The van der Waals surface area contributed by atoms with E-state index in [2.05, 4.69) is 42.3 Å². The van der Waals surface area contributed by atoms with Gasteiger partial charge in [0, 0.05) is 19.7 Å². The average Bonchev–Trinajstić information content (AvgIpc) is 3.11. The van der Waals surface area contributed by atoms with E-state index in [-0.39, 0.29) is 20.3 Å². The second-order valence-electron chi connectivity index (χ2n) is 5.76. The number of carbonyl (C=O) groups excluding carboxylic acids is 2. The SMILES string of the molecule is O=C1N=c2ccc(Br)cc2=C1c1sc(=S)n(NC(=O)c2ccc(Br)cc2)c1O. The zero-order valence-electron chi connectivity index (χ0n) is 13.8. The monoisotopic (exact) mass is 537 g/mol. The molecule has 2 aromatic carbocycles. The number of amides is 2. The summed E-state index contributed by atoms with van der Waals surface area (Å²) in [6.45, 7) is 0. The predicted molar refractivity (Wildman–Crippen MR) is 115 cm³/mol. The van der Waals surface area contributed by atoms with Gasteiger partial charge < -0.3 is 5.11 Å². The largest absolute Gasteiger partial charge is 0.492 e. The number of aromatic hydroxyl groups is 1. The molecular formula is C18H9Br2N3O3S2.